The van der Waals surface area contributed by atoms with Crippen LogP contribution < -0.4 is 0 Å². The van der Waals surface area contributed by atoms with Gasteiger partial charge in [0.15, 0.2) is 0 Å². The number of halogens is 1. The molecule has 2 aromatic heterocycles. The Kier molecular flexibility index (Phi) is 2.91. The number of hydrogen-bond donors (Lipinski definition) is 0. The van der Waals surface area contributed by atoms with E-state index in [0.29, 0.717) is 5.28 Å². The summed E-state index contributed by atoms with van der Waals surface area (Å²) in [6, 6.07) is 3.91. The summed E-state index contributed by atoms with van der Waals surface area (Å²) in [7, 11) is 0. The van der Waals surface area contributed by atoms with Gasteiger partial charge in [0.05, 0.1) is 11.9 Å². The van der Waals surface area contributed by atoms with E-state index in [4.69, 9.17) is 11.6 Å². The zero-order valence-electron chi connectivity index (χ0n) is 10.4. The molecule has 0 saturated carbocycles. The summed E-state index contributed by atoms with van der Waals surface area (Å²) in [5.74, 6) is 0.827. The standard InChI is InChI=1S/C12H15ClN4/c1-8-5-6-9(7-14-8)17-10(12(2,3)4)15-16-11(17)13/h5-7H,1-4H3. The smallest absolute Gasteiger partial charge is 0.229 e. The van der Waals surface area contributed by atoms with Crippen LogP contribution in [0.4, 0.5) is 0 Å². The van der Waals surface area contributed by atoms with Crippen LogP contribution in [0, 0.1) is 6.92 Å². The number of pyridine rings is 1. The summed E-state index contributed by atoms with van der Waals surface area (Å²) in [5.41, 5.74) is 1.73. The topological polar surface area (TPSA) is 43.6 Å². The normalized spacial score (nSPS) is 11.8. The van der Waals surface area contributed by atoms with Crippen molar-refractivity contribution in [3.63, 3.8) is 0 Å². The Balaban J connectivity index is 2.59. The third-order valence-corrected chi connectivity index (χ3v) is 2.69. The summed E-state index contributed by atoms with van der Waals surface area (Å²) in [4.78, 5) is 4.26. The first-order chi connectivity index (χ1) is 7.89. The highest BCUT2D eigenvalue weighted by Gasteiger charge is 2.24. The molecule has 17 heavy (non-hydrogen) atoms. The van der Waals surface area contributed by atoms with Gasteiger partial charge in [-0.25, -0.2) is 0 Å². The molecule has 0 aliphatic heterocycles. The van der Waals surface area contributed by atoms with Crippen molar-refractivity contribution < 1.29 is 0 Å². The lowest BCUT2D eigenvalue weighted by Gasteiger charge is -2.18. The Morgan fingerprint density at radius 3 is 2.41 bits per heavy atom. The second-order valence-corrected chi connectivity index (χ2v) is 5.37. The van der Waals surface area contributed by atoms with E-state index in [1.54, 1.807) is 6.20 Å². The monoisotopic (exact) mass is 250 g/mol. The van der Waals surface area contributed by atoms with Crippen molar-refractivity contribution in [3.8, 4) is 5.69 Å². The van der Waals surface area contributed by atoms with E-state index in [-0.39, 0.29) is 5.41 Å². The SMILES string of the molecule is Cc1ccc(-n2c(Cl)nnc2C(C)(C)C)cn1. The summed E-state index contributed by atoms with van der Waals surface area (Å²) in [6.45, 7) is 8.17. The summed E-state index contributed by atoms with van der Waals surface area (Å²) >= 11 is 6.09. The largest absolute Gasteiger partial charge is 0.268 e. The minimum Gasteiger partial charge on any atom is -0.268 e. The van der Waals surface area contributed by atoms with Crippen molar-refractivity contribution in [1.82, 2.24) is 19.7 Å². The number of nitrogens with zero attached hydrogens (tertiary/aromatic N) is 4. The van der Waals surface area contributed by atoms with E-state index >= 15 is 0 Å². The number of rotatable bonds is 1. The molecular weight excluding hydrogens is 236 g/mol. The molecule has 0 aliphatic carbocycles. The number of aromatic nitrogens is 4. The lowest BCUT2D eigenvalue weighted by atomic mass is 9.95. The van der Waals surface area contributed by atoms with Gasteiger partial charge in [0.2, 0.25) is 5.28 Å². The van der Waals surface area contributed by atoms with Gasteiger partial charge in [0.1, 0.15) is 5.82 Å². The van der Waals surface area contributed by atoms with Crippen molar-refractivity contribution in [1.29, 1.82) is 0 Å². The lowest BCUT2D eigenvalue weighted by molar-refractivity contribution is 0.533. The first-order valence-electron chi connectivity index (χ1n) is 5.44. The second-order valence-electron chi connectivity index (χ2n) is 5.04. The fourth-order valence-corrected chi connectivity index (χ4v) is 1.79. The molecule has 0 aromatic carbocycles. The molecule has 5 heteroatoms. The van der Waals surface area contributed by atoms with Gasteiger partial charge in [-0.2, -0.15) is 0 Å². The maximum Gasteiger partial charge on any atom is 0.229 e. The fourth-order valence-electron chi connectivity index (χ4n) is 1.57. The molecule has 0 N–H and O–H groups in total. The Labute approximate surface area is 106 Å². The van der Waals surface area contributed by atoms with Crippen molar-refractivity contribution >= 4 is 11.6 Å². The molecular formula is C12H15ClN4. The molecule has 0 saturated heterocycles. The molecule has 0 unspecified atom stereocenters. The van der Waals surface area contributed by atoms with Crippen LogP contribution in [-0.2, 0) is 5.41 Å². The Morgan fingerprint density at radius 2 is 1.88 bits per heavy atom. The highest BCUT2D eigenvalue weighted by atomic mass is 35.5. The maximum absolute atomic E-state index is 6.09. The second kappa shape index (κ2) is 4.11. The molecule has 2 heterocycles. The first-order valence-corrected chi connectivity index (χ1v) is 5.82. The van der Waals surface area contributed by atoms with E-state index in [1.165, 1.54) is 0 Å². The zero-order valence-corrected chi connectivity index (χ0v) is 11.2. The van der Waals surface area contributed by atoms with Gasteiger partial charge in [0, 0.05) is 11.1 Å². The maximum atomic E-state index is 6.09. The highest BCUT2D eigenvalue weighted by Crippen LogP contribution is 2.26. The molecule has 2 aromatic rings. The van der Waals surface area contributed by atoms with Gasteiger partial charge in [-0.05, 0) is 30.7 Å². The zero-order chi connectivity index (χ0) is 12.6. The van der Waals surface area contributed by atoms with Crippen LogP contribution in [-0.4, -0.2) is 19.7 Å². The van der Waals surface area contributed by atoms with E-state index in [2.05, 4.69) is 36.0 Å². The predicted molar refractivity (Wildman–Crippen MR) is 67.6 cm³/mol. The quantitative estimate of drug-likeness (QED) is 0.782. The van der Waals surface area contributed by atoms with Crippen molar-refractivity contribution in [2.45, 2.75) is 33.1 Å². The fraction of sp³-hybridized carbons (Fsp3) is 0.417. The van der Waals surface area contributed by atoms with Crippen molar-refractivity contribution in [3.05, 3.63) is 35.1 Å². The van der Waals surface area contributed by atoms with Crippen LogP contribution in [0.5, 0.6) is 0 Å². The van der Waals surface area contributed by atoms with Crippen LogP contribution in [0.1, 0.15) is 32.3 Å². The Bertz CT molecular complexity index is 522. The minimum absolute atomic E-state index is 0.120. The molecule has 90 valence electrons. The number of aryl methyl sites for hydroxylation is 1. The van der Waals surface area contributed by atoms with Gasteiger partial charge in [-0.1, -0.05) is 20.8 Å². The van der Waals surface area contributed by atoms with Gasteiger partial charge in [0.25, 0.3) is 0 Å². The molecule has 0 amide bonds. The van der Waals surface area contributed by atoms with Crippen LogP contribution in [0.3, 0.4) is 0 Å². The molecule has 4 nitrogen and oxygen atoms in total. The Morgan fingerprint density at radius 1 is 1.18 bits per heavy atom. The van der Waals surface area contributed by atoms with E-state index in [1.807, 2.05) is 23.6 Å². The molecule has 0 fully saturated rings. The molecule has 2 rings (SSSR count). The average molecular weight is 251 g/mol. The molecule has 0 aliphatic rings. The van der Waals surface area contributed by atoms with Gasteiger partial charge < -0.3 is 0 Å². The minimum atomic E-state index is -0.120. The molecule has 0 spiro atoms. The Hall–Kier alpha value is -1.42. The van der Waals surface area contributed by atoms with Gasteiger partial charge in [-0.15, -0.1) is 10.2 Å². The molecule has 0 bridgehead atoms. The highest BCUT2D eigenvalue weighted by molar-refractivity contribution is 6.28. The molecule has 0 atom stereocenters. The summed E-state index contributed by atoms with van der Waals surface area (Å²) < 4.78 is 1.83. The van der Waals surface area contributed by atoms with E-state index in [0.717, 1.165) is 17.2 Å². The van der Waals surface area contributed by atoms with Gasteiger partial charge in [-0.3, -0.25) is 9.55 Å². The summed E-state index contributed by atoms with van der Waals surface area (Å²) in [5, 5.41) is 8.43. The van der Waals surface area contributed by atoms with Crippen LogP contribution in [0.25, 0.3) is 5.69 Å². The van der Waals surface area contributed by atoms with Crippen LogP contribution >= 0.6 is 11.6 Å². The van der Waals surface area contributed by atoms with E-state index < -0.39 is 0 Å². The van der Waals surface area contributed by atoms with Crippen molar-refractivity contribution in [2.75, 3.05) is 0 Å². The first kappa shape index (κ1) is 12.0. The lowest BCUT2D eigenvalue weighted by Crippen LogP contribution is -2.18. The van der Waals surface area contributed by atoms with Crippen molar-refractivity contribution in [2.24, 2.45) is 0 Å². The van der Waals surface area contributed by atoms with Crippen LogP contribution in [0.2, 0.25) is 5.28 Å². The van der Waals surface area contributed by atoms with Crippen LogP contribution in [0.15, 0.2) is 18.3 Å². The van der Waals surface area contributed by atoms with Gasteiger partial charge >= 0.3 is 0 Å². The third-order valence-electron chi connectivity index (χ3n) is 2.45. The average Bonchev–Trinajstić information content (AvgIpc) is 2.61. The number of hydrogen-bond acceptors (Lipinski definition) is 3. The van der Waals surface area contributed by atoms with E-state index in [9.17, 15) is 0 Å². The third kappa shape index (κ3) is 2.31. The predicted octanol–water partition coefficient (Wildman–Crippen LogP) is 2.92. The summed E-state index contributed by atoms with van der Waals surface area (Å²) in [6.07, 6.45) is 1.78. The molecule has 0 radical (unpaired) electrons.